The number of anilines is 1. The van der Waals surface area contributed by atoms with Gasteiger partial charge in [0, 0.05) is 11.3 Å². The summed E-state index contributed by atoms with van der Waals surface area (Å²) in [5.74, 6) is -0.373. The van der Waals surface area contributed by atoms with E-state index in [1.165, 1.54) is 6.42 Å². The number of nitriles is 1. The molecule has 2 unspecified atom stereocenters. The van der Waals surface area contributed by atoms with Crippen molar-refractivity contribution in [3.8, 4) is 6.07 Å². The highest BCUT2D eigenvalue weighted by molar-refractivity contribution is 9.10. The molecule has 0 aliphatic heterocycles. The van der Waals surface area contributed by atoms with E-state index >= 15 is 0 Å². The molecule has 2 atom stereocenters. The highest BCUT2D eigenvalue weighted by Gasteiger charge is 2.24. The molecule has 0 heterocycles. The first-order chi connectivity index (χ1) is 8.65. The fraction of sp³-hybridized carbons (Fsp3) is 0.462. The van der Waals surface area contributed by atoms with Crippen LogP contribution in [0.4, 0.5) is 10.1 Å². The summed E-state index contributed by atoms with van der Waals surface area (Å²) in [6, 6.07) is 5.56. The molecule has 0 aromatic heterocycles. The van der Waals surface area contributed by atoms with Crippen LogP contribution in [0.2, 0.25) is 0 Å². The van der Waals surface area contributed by atoms with Gasteiger partial charge in [-0.25, -0.2) is 4.39 Å². The normalized spacial score (nSPS) is 22.8. The van der Waals surface area contributed by atoms with Crippen molar-refractivity contribution >= 4 is 33.4 Å². The molecule has 18 heavy (non-hydrogen) atoms. The summed E-state index contributed by atoms with van der Waals surface area (Å²) in [5, 5.41) is 12.7. The van der Waals surface area contributed by atoms with Gasteiger partial charge < -0.3 is 5.32 Å². The van der Waals surface area contributed by atoms with Crippen LogP contribution in [0.5, 0.6) is 0 Å². The lowest BCUT2D eigenvalue weighted by Gasteiger charge is -2.15. The quantitative estimate of drug-likeness (QED) is 0.905. The van der Waals surface area contributed by atoms with Crippen LogP contribution in [0.1, 0.15) is 24.8 Å². The molecule has 0 bridgehead atoms. The number of halogens is 2. The molecule has 1 aliphatic carbocycles. The van der Waals surface area contributed by atoms with Gasteiger partial charge in [-0.3, -0.25) is 0 Å². The van der Waals surface area contributed by atoms with Gasteiger partial charge in [-0.2, -0.15) is 17.0 Å². The van der Waals surface area contributed by atoms with Gasteiger partial charge in [0.15, 0.2) is 5.82 Å². The molecule has 1 aromatic rings. The molecular formula is C13H14BrFN2S. The lowest BCUT2D eigenvalue weighted by molar-refractivity contribution is 0.617. The molecule has 0 radical (unpaired) electrons. The second-order valence-electron chi connectivity index (χ2n) is 4.41. The minimum atomic E-state index is -0.373. The van der Waals surface area contributed by atoms with E-state index in [0.717, 1.165) is 12.8 Å². The number of hydrogen-bond acceptors (Lipinski definition) is 3. The summed E-state index contributed by atoms with van der Waals surface area (Å²) in [4.78, 5) is 0. The zero-order valence-corrected chi connectivity index (χ0v) is 12.4. The van der Waals surface area contributed by atoms with Crippen LogP contribution < -0.4 is 5.32 Å². The van der Waals surface area contributed by atoms with Crippen LogP contribution in [0, 0.1) is 17.1 Å². The van der Waals surface area contributed by atoms with E-state index < -0.39 is 0 Å². The van der Waals surface area contributed by atoms with Crippen molar-refractivity contribution in [2.24, 2.45) is 0 Å². The molecule has 1 aromatic carbocycles. The van der Waals surface area contributed by atoms with E-state index in [0.29, 0.717) is 22.5 Å². The van der Waals surface area contributed by atoms with Gasteiger partial charge in [-0.15, -0.1) is 0 Å². The van der Waals surface area contributed by atoms with Crippen molar-refractivity contribution < 1.29 is 4.39 Å². The number of nitrogens with zero attached hydrogens (tertiary/aromatic N) is 1. The number of thioether (sulfide) groups is 1. The zero-order valence-electron chi connectivity index (χ0n) is 10.0. The highest BCUT2D eigenvalue weighted by Crippen LogP contribution is 2.32. The lowest BCUT2D eigenvalue weighted by atomic mass is 10.2. The summed E-state index contributed by atoms with van der Waals surface area (Å²) in [6.07, 6.45) is 5.44. The molecular weight excluding hydrogens is 315 g/mol. The molecule has 0 spiro atoms. The van der Waals surface area contributed by atoms with Gasteiger partial charge >= 0.3 is 0 Å². The maximum Gasteiger partial charge on any atom is 0.161 e. The van der Waals surface area contributed by atoms with Crippen molar-refractivity contribution in [1.29, 1.82) is 5.26 Å². The molecule has 0 saturated heterocycles. The largest absolute Gasteiger partial charge is 0.380 e. The van der Waals surface area contributed by atoms with Gasteiger partial charge in [0.25, 0.3) is 0 Å². The average molecular weight is 329 g/mol. The summed E-state index contributed by atoms with van der Waals surface area (Å²) in [5.41, 5.74) is 0.805. The SMILES string of the molecule is CSC1CCC(Nc2ccc(C#N)c(Br)c2F)C1. The topological polar surface area (TPSA) is 35.8 Å². The molecule has 2 rings (SSSR count). The number of rotatable bonds is 3. The maximum absolute atomic E-state index is 14.0. The first kappa shape index (κ1) is 13.7. The first-order valence-corrected chi connectivity index (χ1v) is 7.91. The van der Waals surface area contributed by atoms with Crippen LogP contribution in [-0.4, -0.2) is 17.5 Å². The second kappa shape index (κ2) is 5.94. The number of nitrogens with one attached hydrogen (secondary N) is 1. The Labute approximate surface area is 119 Å². The standard InChI is InChI=1S/C13H14BrFN2S/c1-18-10-4-3-9(6-10)17-11-5-2-8(7-16)12(14)13(11)15/h2,5,9-10,17H,3-4,6H2,1H3. The number of hydrogen-bond donors (Lipinski definition) is 1. The third-order valence-electron chi connectivity index (χ3n) is 3.28. The van der Waals surface area contributed by atoms with E-state index in [1.807, 2.05) is 17.8 Å². The van der Waals surface area contributed by atoms with Crippen molar-refractivity contribution in [2.75, 3.05) is 11.6 Å². The van der Waals surface area contributed by atoms with Crippen molar-refractivity contribution in [3.63, 3.8) is 0 Å². The van der Waals surface area contributed by atoms with Crippen LogP contribution in [0.15, 0.2) is 16.6 Å². The smallest absolute Gasteiger partial charge is 0.161 e. The highest BCUT2D eigenvalue weighted by atomic mass is 79.9. The van der Waals surface area contributed by atoms with Crippen LogP contribution in [0.3, 0.4) is 0 Å². The maximum atomic E-state index is 14.0. The molecule has 2 nitrogen and oxygen atoms in total. The minimum Gasteiger partial charge on any atom is -0.380 e. The molecule has 0 amide bonds. The van der Waals surface area contributed by atoms with Gasteiger partial charge in [-0.05, 0) is 53.6 Å². The summed E-state index contributed by atoms with van der Waals surface area (Å²) >= 11 is 5.00. The van der Waals surface area contributed by atoms with E-state index in [2.05, 4.69) is 27.5 Å². The molecule has 1 fully saturated rings. The zero-order chi connectivity index (χ0) is 13.1. The first-order valence-electron chi connectivity index (χ1n) is 5.83. The Morgan fingerprint density at radius 2 is 2.28 bits per heavy atom. The van der Waals surface area contributed by atoms with Crippen LogP contribution >= 0.6 is 27.7 Å². The molecule has 5 heteroatoms. The minimum absolute atomic E-state index is 0.245. The Balaban J connectivity index is 2.11. The Morgan fingerprint density at radius 1 is 1.50 bits per heavy atom. The van der Waals surface area contributed by atoms with Gasteiger partial charge in [0.1, 0.15) is 6.07 Å². The molecule has 1 N–H and O–H groups in total. The predicted octanol–water partition coefficient (Wildman–Crippen LogP) is 4.16. The summed E-state index contributed by atoms with van der Waals surface area (Å²) < 4.78 is 14.3. The van der Waals surface area contributed by atoms with Crippen molar-refractivity contribution in [3.05, 3.63) is 28.0 Å². The van der Waals surface area contributed by atoms with Crippen molar-refractivity contribution in [1.82, 2.24) is 0 Å². The van der Waals surface area contributed by atoms with Crippen LogP contribution in [-0.2, 0) is 0 Å². The Morgan fingerprint density at radius 3 is 2.89 bits per heavy atom. The Kier molecular flexibility index (Phi) is 4.52. The van der Waals surface area contributed by atoms with Gasteiger partial charge in [0.2, 0.25) is 0 Å². The van der Waals surface area contributed by atoms with Crippen molar-refractivity contribution in [2.45, 2.75) is 30.6 Å². The molecule has 96 valence electrons. The fourth-order valence-electron chi connectivity index (χ4n) is 2.25. The molecule has 1 saturated carbocycles. The average Bonchev–Trinajstić information content (AvgIpc) is 2.83. The second-order valence-corrected chi connectivity index (χ2v) is 6.34. The van der Waals surface area contributed by atoms with Gasteiger partial charge in [-0.1, -0.05) is 0 Å². The van der Waals surface area contributed by atoms with E-state index in [9.17, 15) is 4.39 Å². The summed E-state index contributed by atoms with van der Waals surface area (Å²) in [6.45, 7) is 0. The van der Waals surface area contributed by atoms with E-state index in [1.54, 1.807) is 12.1 Å². The third kappa shape index (κ3) is 2.81. The van der Waals surface area contributed by atoms with Crippen LogP contribution in [0.25, 0.3) is 0 Å². The van der Waals surface area contributed by atoms with E-state index in [4.69, 9.17) is 5.26 Å². The molecule has 1 aliphatic rings. The predicted molar refractivity (Wildman–Crippen MR) is 77.4 cm³/mol. The fourth-order valence-corrected chi connectivity index (χ4v) is 3.48. The summed E-state index contributed by atoms with van der Waals surface area (Å²) in [7, 11) is 0. The number of benzene rings is 1. The third-order valence-corrected chi connectivity index (χ3v) is 5.15. The Hall–Kier alpha value is -0.730. The van der Waals surface area contributed by atoms with E-state index in [-0.39, 0.29) is 10.3 Å². The van der Waals surface area contributed by atoms with Gasteiger partial charge in [0.05, 0.1) is 15.7 Å². The monoisotopic (exact) mass is 328 g/mol. The lowest BCUT2D eigenvalue weighted by Crippen LogP contribution is -2.17. The Bertz CT molecular complexity index is 487.